The molecule has 0 spiro atoms. The Bertz CT molecular complexity index is 327. The van der Waals surface area contributed by atoms with Crippen molar-refractivity contribution in [1.82, 2.24) is 9.97 Å². The summed E-state index contributed by atoms with van der Waals surface area (Å²) in [7, 11) is 0. The van der Waals surface area contributed by atoms with Crippen molar-refractivity contribution in [3.8, 4) is 0 Å². The molecule has 0 atom stereocenters. The van der Waals surface area contributed by atoms with Gasteiger partial charge in [-0.3, -0.25) is 0 Å². The van der Waals surface area contributed by atoms with Gasteiger partial charge in [-0.15, -0.1) is 11.8 Å². The highest BCUT2D eigenvalue weighted by atomic mass is 32.2. The number of ether oxygens (including phenoxy) is 1. The van der Waals surface area contributed by atoms with Crippen LogP contribution in [0.1, 0.15) is 11.3 Å². The summed E-state index contributed by atoms with van der Waals surface area (Å²) in [5.41, 5.74) is 2.35. The molecule has 0 bridgehead atoms. The van der Waals surface area contributed by atoms with Crippen LogP contribution >= 0.6 is 23.5 Å². The van der Waals surface area contributed by atoms with Crippen molar-refractivity contribution in [2.75, 3.05) is 19.1 Å². The maximum Gasteiger partial charge on any atom is 0.188 e. The van der Waals surface area contributed by atoms with Gasteiger partial charge in [0.25, 0.3) is 0 Å². The van der Waals surface area contributed by atoms with Crippen molar-refractivity contribution in [1.29, 1.82) is 0 Å². The van der Waals surface area contributed by atoms with Crippen molar-refractivity contribution in [3.05, 3.63) is 11.3 Å². The normalized spacial score (nSPS) is 15.3. The van der Waals surface area contributed by atoms with E-state index in [4.69, 9.17) is 4.74 Å². The van der Waals surface area contributed by atoms with Gasteiger partial charge in [-0.05, 0) is 12.5 Å². The van der Waals surface area contributed by atoms with Gasteiger partial charge in [-0.25, -0.2) is 9.97 Å². The molecule has 0 saturated carbocycles. The zero-order valence-corrected chi connectivity index (χ0v) is 9.87. The number of thioether (sulfide) groups is 2. The molecule has 2 rings (SSSR count). The highest BCUT2D eigenvalue weighted by molar-refractivity contribution is 7.99. The SMILES string of the molecule is CSc1nc2c(c(SC)n1)COCC2. The molecule has 0 N–H and O–H groups in total. The van der Waals surface area contributed by atoms with Gasteiger partial charge in [0, 0.05) is 12.0 Å². The van der Waals surface area contributed by atoms with Crippen LogP contribution in [0.25, 0.3) is 0 Å². The van der Waals surface area contributed by atoms with Crippen LogP contribution in [0, 0.1) is 0 Å². The van der Waals surface area contributed by atoms with Crippen LogP contribution in [0.5, 0.6) is 0 Å². The minimum atomic E-state index is 0.667. The molecule has 1 aliphatic rings. The van der Waals surface area contributed by atoms with Gasteiger partial charge in [0.05, 0.1) is 18.9 Å². The van der Waals surface area contributed by atoms with Crippen LogP contribution < -0.4 is 0 Å². The summed E-state index contributed by atoms with van der Waals surface area (Å²) in [5, 5.41) is 1.94. The molecule has 1 aliphatic heterocycles. The molecule has 0 aliphatic carbocycles. The van der Waals surface area contributed by atoms with Gasteiger partial charge in [0.1, 0.15) is 5.03 Å². The lowest BCUT2D eigenvalue weighted by Crippen LogP contribution is -2.14. The largest absolute Gasteiger partial charge is 0.376 e. The average molecular weight is 228 g/mol. The van der Waals surface area contributed by atoms with Crippen molar-refractivity contribution in [2.45, 2.75) is 23.2 Å². The maximum atomic E-state index is 5.41. The Morgan fingerprint density at radius 3 is 2.79 bits per heavy atom. The molecule has 76 valence electrons. The second-order valence-electron chi connectivity index (χ2n) is 2.95. The first kappa shape index (κ1) is 10.3. The van der Waals surface area contributed by atoms with E-state index in [-0.39, 0.29) is 0 Å². The van der Waals surface area contributed by atoms with E-state index < -0.39 is 0 Å². The fraction of sp³-hybridized carbons (Fsp3) is 0.556. The van der Waals surface area contributed by atoms with Crippen molar-refractivity contribution < 1.29 is 4.74 Å². The quantitative estimate of drug-likeness (QED) is 0.439. The molecular formula is C9H12N2OS2. The second-order valence-corrected chi connectivity index (χ2v) is 4.52. The number of hydrogen-bond acceptors (Lipinski definition) is 5. The first-order chi connectivity index (χ1) is 6.85. The maximum absolute atomic E-state index is 5.41. The Kier molecular flexibility index (Phi) is 3.30. The van der Waals surface area contributed by atoms with E-state index in [9.17, 15) is 0 Å². The topological polar surface area (TPSA) is 35.0 Å². The Labute approximate surface area is 92.0 Å². The Balaban J connectivity index is 2.47. The predicted octanol–water partition coefficient (Wildman–Crippen LogP) is 1.99. The molecule has 5 heteroatoms. The minimum Gasteiger partial charge on any atom is -0.376 e. The fourth-order valence-electron chi connectivity index (χ4n) is 1.44. The number of hydrogen-bond donors (Lipinski definition) is 0. The first-order valence-electron chi connectivity index (χ1n) is 4.40. The molecule has 2 heterocycles. The summed E-state index contributed by atoms with van der Waals surface area (Å²) in [6.07, 6.45) is 4.96. The summed E-state index contributed by atoms with van der Waals surface area (Å²) in [4.78, 5) is 8.96. The predicted molar refractivity (Wildman–Crippen MR) is 59.0 cm³/mol. The van der Waals surface area contributed by atoms with E-state index in [0.717, 1.165) is 23.2 Å². The highest BCUT2D eigenvalue weighted by Crippen LogP contribution is 2.26. The van der Waals surface area contributed by atoms with Crippen molar-refractivity contribution in [3.63, 3.8) is 0 Å². The molecule has 0 saturated heterocycles. The van der Waals surface area contributed by atoms with E-state index >= 15 is 0 Å². The molecule has 0 unspecified atom stereocenters. The standard InChI is InChI=1S/C9H12N2OS2/c1-13-8-6-5-12-4-3-7(6)10-9(11-8)14-2/h3-5H2,1-2H3. The molecule has 0 aromatic carbocycles. The molecule has 3 nitrogen and oxygen atoms in total. The summed E-state index contributed by atoms with van der Waals surface area (Å²) >= 11 is 3.26. The molecular weight excluding hydrogens is 216 g/mol. The zero-order valence-electron chi connectivity index (χ0n) is 8.24. The second kappa shape index (κ2) is 4.51. The highest BCUT2D eigenvalue weighted by Gasteiger charge is 2.17. The van der Waals surface area contributed by atoms with Crippen molar-refractivity contribution >= 4 is 23.5 Å². The van der Waals surface area contributed by atoms with Gasteiger partial charge in [-0.1, -0.05) is 11.8 Å². The fourth-order valence-corrected chi connectivity index (χ4v) is 2.48. The molecule has 0 fully saturated rings. The van der Waals surface area contributed by atoms with Crippen LogP contribution in [0.3, 0.4) is 0 Å². The first-order valence-corrected chi connectivity index (χ1v) is 6.85. The Morgan fingerprint density at radius 1 is 1.21 bits per heavy atom. The third-order valence-corrected chi connectivity index (χ3v) is 3.41. The summed E-state index contributed by atoms with van der Waals surface area (Å²) in [6, 6.07) is 0. The summed E-state index contributed by atoms with van der Waals surface area (Å²) in [6.45, 7) is 1.45. The minimum absolute atomic E-state index is 0.667. The molecule has 0 radical (unpaired) electrons. The monoisotopic (exact) mass is 228 g/mol. The lowest BCUT2D eigenvalue weighted by Gasteiger charge is -2.17. The molecule has 1 aromatic heterocycles. The van der Waals surface area contributed by atoms with Gasteiger partial charge < -0.3 is 4.74 Å². The lowest BCUT2D eigenvalue weighted by molar-refractivity contribution is 0.106. The number of aromatic nitrogens is 2. The third-order valence-electron chi connectivity index (χ3n) is 2.14. The van der Waals surface area contributed by atoms with Gasteiger partial charge >= 0.3 is 0 Å². The average Bonchev–Trinajstić information content (AvgIpc) is 2.27. The third kappa shape index (κ3) is 1.89. The number of fused-ring (bicyclic) bond motifs is 1. The van der Waals surface area contributed by atoms with E-state index in [1.165, 1.54) is 11.3 Å². The van der Waals surface area contributed by atoms with E-state index in [1.54, 1.807) is 23.5 Å². The van der Waals surface area contributed by atoms with Gasteiger partial charge in [0.2, 0.25) is 0 Å². The van der Waals surface area contributed by atoms with Crippen LogP contribution in [-0.2, 0) is 17.8 Å². The lowest BCUT2D eigenvalue weighted by atomic mass is 10.1. The number of nitrogens with zero attached hydrogens (tertiary/aromatic N) is 2. The van der Waals surface area contributed by atoms with Gasteiger partial charge in [0.15, 0.2) is 5.16 Å². The molecule has 0 amide bonds. The zero-order chi connectivity index (χ0) is 9.97. The van der Waals surface area contributed by atoms with E-state index in [1.807, 2.05) is 12.5 Å². The van der Waals surface area contributed by atoms with E-state index in [0.29, 0.717) is 6.61 Å². The van der Waals surface area contributed by atoms with Crippen LogP contribution in [0.2, 0.25) is 0 Å². The molecule has 1 aromatic rings. The smallest absolute Gasteiger partial charge is 0.188 e. The summed E-state index contributed by atoms with van der Waals surface area (Å²) in [5.74, 6) is 0. The van der Waals surface area contributed by atoms with Crippen molar-refractivity contribution in [2.24, 2.45) is 0 Å². The van der Waals surface area contributed by atoms with Crippen LogP contribution in [0.4, 0.5) is 0 Å². The van der Waals surface area contributed by atoms with Crippen LogP contribution in [0.15, 0.2) is 10.2 Å². The summed E-state index contributed by atoms with van der Waals surface area (Å²) < 4.78 is 5.41. The van der Waals surface area contributed by atoms with Gasteiger partial charge in [-0.2, -0.15) is 0 Å². The van der Waals surface area contributed by atoms with E-state index in [2.05, 4.69) is 9.97 Å². The molecule has 14 heavy (non-hydrogen) atoms. The Morgan fingerprint density at radius 2 is 2.07 bits per heavy atom. The Hall–Kier alpha value is -0.260. The van der Waals surface area contributed by atoms with Crippen LogP contribution in [-0.4, -0.2) is 29.1 Å². The number of rotatable bonds is 2.